The molecule has 1 amide bonds. The van der Waals surface area contributed by atoms with Crippen molar-refractivity contribution in [2.75, 3.05) is 18.0 Å². The van der Waals surface area contributed by atoms with E-state index in [1.807, 2.05) is 51.1 Å². The van der Waals surface area contributed by atoms with Gasteiger partial charge >= 0.3 is 0 Å². The molecule has 3 aromatic rings. The number of benzene rings is 1. The summed E-state index contributed by atoms with van der Waals surface area (Å²) in [6, 6.07) is 11.0. The lowest BCUT2D eigenvalue weighted by atomic mass is 10.0. The standard InChI is InChI=1S/C24H30N6O2/c1-16-17(2)28-30(18(16)3)15-23(32)26-21(19-9-5-4-6-10-19)13-20-14-22(31)27-24(25-20)29-11-7-8-12-29/h4-6,9-10,14,21H,7-8,11-13,15H2,1-3H3,(H,26,32)(H,25,27,31). The van der Waals surface area contributed by atoms with E-state index in [1.54, 1.807) is 4.68 Å². The maximum absolute atomic E-state index is 12.9. The van der Waals surface area contributed by atoms with Gasteiger partial charge in [0.05, 0.1) is 17.4 Å². The lowest BCUT2D eigenvalue weighted by molar-refractivity contribution is -0.122. The van der Waals surface area contributed by atoms with E-state index in [-0.39, 0.29) is 24.1 Å². The molecule has 1 atom stereocenters. The van der Waals surface area contributed by atoms with Crippen LogP contribution in [0, 0.1) is 20.8 Å². The molecular formula is C24H30N6O2. The van der Waals surface area contributed by atoms with Crippen LogP contribution in [0.15, 0.2) is 41.2 Å². The summed E-state index contributed by atoms with van der Waals surface area (Å²) in [6.07, 6.45) is 2.63. The first-order valence-corrected chi connectivity index (χ1v) is 11.1. The van der Waals surface area contributed by atoms with Crippen LogP contribution in [0.25, 0.3) is 0 Å². The van der Waals surface area contributed by atoms with Crippen molar-refractivity contribution in [1.29, 1.82) is 0 Å². The van der Waals surface area contributed by atoms with Crippen LogP contribution in [-0.4, -0.2) is 38.7 Å². The molecule has 1 saturated heterocycles. The van der Waals surface area contributed by atoms with Gasteiger partial charge < -0.3 is 10.2 Å². The Morgan fingerprint density at radius 2 is 1.88 bits per heavy atom. The quantitative estimate of drug-likeness (QED) is 0.596. The summed E-state index contributed by atoms with van der Waals surface area (Å²) in [7, 11) is 0. The zero-order valence-electron chi connectivity index (χ0n) is 18.9. The molecule has 1 fully saturated rings. The van der Waals surface area contributed by atoms with Crippen LogP contribution in [-0.2, 0) is 17.8 Å². The Hall–Kier alpha value is -3.42. The van der Waals surface area contributed by atoms with Crippen LogP contribution in [0.4, 0.5) is 5.95 Å². The van der Waals surface area contributed by atoms with E-state index in [0.717, 1.165) is 48.4 Å². The molecule has 1 aliphatic rings. The minimum atomic E-state index is -0.303. The lowest BCUT2D eigenvalue weighted by Gasteiger charge is -2.21. The summed E-state index contributed by atoms with van der Waals surface area (Å²) in [5.41, 5.74) is 4.46. The van der Waals surface area contributed by atoms with Crippen molar-refractivity contribution < 1.29 is 4.79 Å². The predicted molar refractivity (Wildman–Crippen MR) is 124 cm³/mol. The van der Waals surface area contributed by atoms with E-state index >= 15 is 0 Å². The van der Waals surface area contributed by atoms with Gasteiger partial charge in [-0.1, -0.05) is 30.3 Å². The third-order valence-corrected chi connectivity index (χ3v) is 6.17. The number of aryl methyl sites for hydroxylation is 1. The first-order valence-electron chi connectivity index (χ1n) is 11.1. The van der Waals surface area contributed by atoms with Crippen LogP contribution in [0.2, 0.25) is 0 Å². The van der Waals surface area contributed by atoms with Gasteiger partial charge in [0.1, 0.15) is 6.54 Å². The van der Waals surface area contributed by atoms with Gasteiger partial charge in [0.25, 0.3) is 5.56 Å². The first-order chi connectivity index (χ1) is 15.4. The van der Waals surface area contributed by atoms with Gasteiger partial charge in [-0.2, -0.15) is 5.10 Å². The molecule has 32 heavy (non-hydrogen) atoms. The van der Waals surface area contributed by atoms with Crippen LogP contribution in [0.3, 0.4) is 0 Å². The molecule has 0 saturated carbocycles. The molecular weight excluding hydrogens is 404 g/mol. The predicted octanol–water partition coefficient (Wildman–Crippen LogP) is 2.59. The SMILES string of the molecule is Cc1nn(CC(=O)NC(Cc2cc(=O)[nH]c(N3CCCC3)n2)c2ccccc2)c(C)c1C. The summed E-state index contributed by atoms with van der Waals surface area (Å²) >= 11 is 0. The minimum Gasteiger partial charge on any atom is -0.347 e. The number of carbonyl (C=O) groups excluding carboxylic acids is 1. The second-order valence-corrected chi connectivity index (χ2v) is 8.44. The molecule has 0 radical (unpaired) electrons. The van der Waals surface area contributed by atoms with E-state index < -0.39 is 0 Å². The number of amides is 1. The molecule has 0 spiro atoms. The van der Waals surface area contributed by atoms with Crippen LogP contribution in [0.5, 0.6) is 0 Å². The minimum absolute atomic E-state index is 0.130. The number of rotatable bonds is 7. The maximum atomic E-state index is 12.9. The zero-order valence-corrected chi connectivity index (χ0v) is 18.9. The number of nitrogens with zero attached hydrogens (tertiary/aromatic N) is 4. The topological polar surface area (TPSA) is 95.9 Å². The number of nitrogens with one attached hydrogen (secondary N) is 2. The van der Waals surface area contributed by atoms with E-state index in [2.05, 4.69) is 20.3 Å². The van der Waals surface area contributed by atoms with Gasteiger partial charge in [0.15, 0.2) is 0 Å². The normalized spacial score (nSPS) is 14.5. The van der Waals surface area contributed by atoms with Crippen molar-refractivity contribution in [2.45, 2.75) is 52.6 Å². The third kappa shape index (κ3) is 4.90. The van der Waals surface area contributed by atoms with Crippen LogP contribution in [0.1, 0.15) is 47.1 Å². The number of hydrogen-bond donors (Lipinski definition) is 2. The van der Waals surface area contributed by atoms with Crippen LogP contribution < -0.4 is 15.8 Å². The fourth-order valence-electron chi connectivity index (χ4n) is 4.14. The van der Waals surface area contributed by atoms with Crippen molar-refractivity contribution >= 4 is 11.9 Å². The van der Waals surface area contributed by atoms with Crippen molar-refractivity contribution in [3.63, 3.8) is 0 Å². The Morgan fingerprint density at radius 3 is 2.53 bits per heavy atom. The number of anilines is 1. The Morgan fingerprint density at radius 1 is 1.16 bits per heavy atom. The van der Waals surface area contributed by atoms with E-state index in [1.165, 1.54) is 6.07 Å². The fraction of sp³-hybridized carbons (Fsp3) is 0.417. The number of aromatic nitrogens is 4. The van der Waals surface area contributed by atoms with Crippen molar-refractivity contribution in [1.82, 2.24) is 25.1 Å². The van der Waals surface area contributed by atoms with Crippen molar-refractivity contribution in [2.24, 2.45) is 0 Å². The molecule has 1 aliphatic heterocycles. The first kappa shape index (κ1) is 21.8. The molecule has 0 bridgehead atoms. The van der Waals surface area contributed by atoms with Gasteiger partial charge in [0, 0.05) is 31.3 Å². The smallest absolute Gasteiger partial charge is 0.252 e. The van der Waals surface area contributed by atoms with Crippen molar-refractivity contribution in [3.05, 3.63) is 75.0 Å². The average Bonchev–Trinajstić information content (AvgIpc) is 3.39. The number of H-pyrrole nitrogens is 1. The molecule has 3 heterocycles. The highest BCUT2D eigenvalue weighted by Gasteiger charge is 2.20. The van der Waals surface area contributed by atoms with Crippen LogP contribution >= 0.6 is 0 Å². The molecule has 1 unspecified atom stereocenters. The molecule has 4 rings (SSSR count). The Balaban J connectivity index is 1.56. The highest BCUT2D eigenvalue weighted by atomic mass is 16.2. The fourth-order valence-corrected chi connectivity index (χ4v) is 4.14. The molecule has 168 valence electrons. The summed E-state index contributed by atoms with van der Waals surface area (Å²) in [4.78, 5) is 34.9. The van der Waals surface area contributed by atoms with Gasteiger partial charge in [0.2, 0.25) is 11.9 Å². The molecule has 1 aromatic carbocycles. The molecule has 2 aromatic heterocycles. The van der Waals surface area contributed by atoms with Gasteiger partial charge in [-0.05, 0) is 44.7 Å². The molecule has 0 aliphatic carbocycles. The maximum Gasteiger partial charge on any atom is 0.252 e. The molecule has 8 heteroatoms. The lowest BCUT2D eigenvalue weighted by Crippen LogP contribution is -2.34. The zero-order chi connectivity index (χ0) is 22.7. The van der Waals surface area contributed by atoms with E-state index in [0.29, 0.717) is 18.1 Å². The summed E-state index contributed by atoms with van der Waals surface area (Å²) in [5.74, 6) is 0.482. The second kappa shape index (κ2) is 9.38. The highest BCUT2D eigenvalue weighted by molar-refractivity contribution is 5.76. The van der Waals surface area contributed by atoms with E-state index in [9.17, 15) is 9.59 Å². The summed E-state index contributed by atoms with van der Waals surface area (Å²) < 4.78 is 1.74. The monoisotopic (exact) mass is 434 g/mol. The van der Waals surface area contributed by atoms with Crippen molar-refractivity contribution in [3.8, 4) is 0 Å². The number of aromatic amines is 1. The van der Waals surface area contributed by atoms with Gasteiger partial charge in [-0.15, -0.1) is 0 Å². The largest absolute Gasteiger partial charge is 0.347 e. The summed E-state index contributed by atoms with van der Waals surface area (Å²) in [6.45, 7) is 7.86. The summed E-state index contributed by atoms with van der Waals surface area (Å²) in [5, 5.41) is 7.60. The van der Waals surface area contributed by atoms with E-state index in [4.69, 9.17) is 4.98 Å². The second-order valence-electron chi connectivity index (χ2n) is 8.44. The third-order valence-electron chi connectivity index (χ3n) is 6.17. The van der Waals surface area contributed by atoms with Gasteiger partial charge in [-0.3, -0.25) is 19.3 Å². The molecule has 2 N–H and O–H groups in total. The Kier molecular flexibility index (Phi) is 6.39. The Bertz CT molecular complexity index is 1150. The highest BCUT2D eigenvalue weighted by Crippen LogP contribution is 2.20. The number of hydrogen-bond acceptors (Lipinski definition) is 5. The average molecular weight is 435 g/mol. The Labute approximate surface area is 187 Å². The van der Waals surface area contributed by atoms with Gasteiger partial charge in [-0.25, -0.2) is 4.98 Å². The molecule has 8 nitrogen and oxygen atoms in total. The number of carbonyl (C=O) groups is 1.